The molecule has 0 aliphatic heterocycles. The van der Waals surface area contributed by atoms with E-state index in [1.54, 1.807) is 30.3 Å². The topological polar surface area (TPSA) is 81.6 Å². The number of fused-ring (bicyclic) bond motifs is 1. The van der Waals surface area contributed by atoms with E-state index in [-0.39, 0.29) is 18.8 Å². The van der Waals surface area contributed by atoms with Gasteiger partial charge >= 0.3 is 12.3 Å². The summed E-state index contributed by atoms with van der Waals surface area (Å²) >= 11 is 0. The fourth-order valence-electron chi connectivity index (χ4n) is 5.16. The number of hydrogen-bond acceptors (Lipinski definition) is 5. The summed E-state index contributed by atoms with van der Waals surface area (Å²) in [4.78, 5) is 24.0. The fraction of sp³-hybridized carbons (Fsp3) is 0.542. The third-order valence-corrected chi connectivity index (χ3v) is 6.75. The molecule has 0 saturated heterocycles. The van der Waals surface area contributed by atoms with Crippen LogP contribution in [0.3, 0.4) is 0 Å². The van der Waals surface area contributed by atoms with E-state index < -0.39 is 30.3 Å². The lowest BCUT2D eigenvalue weighted by Gasteiger charge is -2.41. The number of alkyl halides is 3. The Balaban J connectivity index is 1.59. The van der Waals surface area contributed by atoms with Crippen molar-refractivity contribution in [3.8, 4) is 0 Å². The second-order valence-corrected chi connectivity index (χ2v) is 9.25. The van der Waals surface area contributed by atoms with Crippen molar-refractivity contribution in [1.82, 2.24) is 9.97 Å². The van der Waals surface area contributed by atoms with Crippen LogP contribution in [0.2, 0.25) is 0 Å². The smallest absolute Gasteiger partial charge is 0.412 e. The Kier molecular flexibility index (Phi) is 6.86. The van der Waals surface area contributed by atoms with Crippen LogP contribution in [0, 0.1) is 5.92 Å². The summed E-state index contributed by atoms with van der Waals surface area (Å²) in [6.45, 7) is 0. The normalized spacial score (nSPS) is 22.6. The van der Waals surface area contributed by atoms with Crippen LogP contribution < -0.4 is 15.1 Å². The summed E-state index contributed by atoms with van der Waals surface area (Å²) in [6.07, 6.45) is -1.92. The molecule has 1 saturated carbocycles. The number of nitrogens with one attached hydrogen (secondary N) is 1. The van der Waals surface area contributed by atoms with Crippen LogP contribution in [-0.4, -0.2) is 53.5 Å². The van der Waals surface area contributed by atoms with Gasteiger partial charge in [-0.05, 0) is 57.1 Å². The minimum atomic E-state index is -4.49. The zero-order valence-corrected chi connectivity index (χ0v) is 19.3. The number of aromatic nitrogens is 2. The molecule has 2 aromatic rings. The Bertz CT molecular complexity index is 1020. The highest BCUT2D eigenvalue weighted by Gasteiger charge is 2.49. The molecule has 34 heavy (non-hydrogen) atoms. The van der Waals surface area contributed by atoms with Gasteiger partial charge in [0.2, 0.25) is 5.95 Å². The van der Waals surface area contributed by atoms with Gasteiger partial charge in [-0.15, -0.1) is 0 Å². The minimum absolute atomic E-state index is 0.156. The van der Waals surface area contributed by atoms with Crippen LogP contribution in [0.5, 0.6) is 0 Å². The van der Waals surface area contributed by atoms with Crippen LogP contribution in [-0.2, 0) is 12.8 Å². The molecule has 10 heteroatoms. The van der Waals surface area contributed by atoms with Crippen LogP contribution in [0.4, 0.5) is 35.4 Å². The van der Waals surface area contributed by atoms with E-state index in [0.717, 1.165) is 47.7 Å². The lowest BCUT2D eigenvalue weighted by molar-refractivity contribution is -0.185. The molecule has 1 amide bonds. The molecule has 0 bridgehead atoms. The standard InChI is InChI=1S/C24H30F3N5O2/c1-31(2)21-17-10-6-7-11-19(17)28-22(30-21)29-20-13-12-16(14-18(20)24(25,26)27)32(23(33)34)15-8-4-3-5-9-15/h3-5,8-9,16,18,20H,6-7,10-14H2,1-2H3,(H,33,34)(H,28,29,30)/t16-,18-,20?/m1/s1. The van der Waals surface area contributed by atoms with Crippen LogP contribution in [0.25, 0.3) is 0 Å². The van der Waals surface area contributed by atoms with Crippen LogP contribution >= 0.6 is 0 Å². The molecular formula is C24H30F3N5O2. The molecule has 0 spiro atoms. The summed E-state index contributed by atoms with van der Waals surface area (Å²) in [5.74, 6) is -0.773. The molecule has 184 valence electrons. The number of carboxylic acid groups (broad SMARTS) is 1. The lowest BCUT2D eigenvalue weighted by atomic mass is 9.80. The molecule has 3 atom stereocenters. The predicted octanol–water partition coefficient (Wildman–Crippen LogP) is 5.12. The van der Waals surface area contributed by atoms with Gasteiger partial charge in [0.25, 0.3) is 0 Å². The summed E-state index contributed by atoms with van der Waals surface area (Å²) in [5.41, 5.74) is 2.34. The molecular weight excluding hydrogens is 447 g/mol. The van der Waals surface area contributed by atoms with E-state index >= 15 is 0 Å². The van der Waals surface area contributed by atoms with Gasteiger partial charge in [-0.2, -0.15) is 18.2 Å². The molecule has 2 aliphatic carbocycles. The van der Waals surface area contributed by atoms with Crippen LogP contribution in [0.1, 0.15) is 43.4 Å². The third-order valence-electron chi connectivity index (χ3n) is 6.75. The Morgan fingerprint density at radius 1 is 1.09 bits per heavy atom. The number of hydrogen-bond donors (Lipinski definition) is 2. The van der Waals surface area contributed by atoms with Gasteiger partial charge in [0.05, 0.1) is 11.6 Å². The summed E-state index contributed by atoms with van der Waals surface area (Å²) < 4.78 is 42.5. The van der Waals surface area contributed by atoms with E-state index in [1.165, 1.54) is 0 Å². The third kappa shape index (κ3) is 5.05. The highest BCUT2D eigenvalue weighted by molar-refractivity contribution is 5.86. The summed E-state index contributed by atoms with van der Waals surface area (Å²) in [7, 11) is 3.74. The van der Waals surface area contributed by atoms with Crippen molar-refractivity contribution >= 4 is 23.5 Å². The first-order chi connectivity index (χ1) is 16.1. The fourth-order valence-corrected chi connectivity index (χ4v) is 5.16. The first-order valence-electron chi connectivity index (χ1n) is 11.6. The molecule has 1 aromatic carbocycles. The molecule has 1 heterocycles. The molecule has 1 unspecified atom stereocenters. The second kappa shape index (κ2) is 9.68. The first kappa shape index (κ1) is 24.1. The number of halogens is 3. The quantitative estimate of drug-likeness (QED) is 0.622. The number of anilines is 3. The SMILES string of the molecule is CN(C)c1nc(NC2CC[C@@H](N(C(=O)O)c3ccccc3)C[C@H]2C(F)(F)F)nc2c1CCCC2. The van der Waals surface area contributed by atoms with Crippen molar-refractivity contribution in [3.63, 3.8) is 0 Å². The van der Waals surface area contributed by atoms with Gasteiger partial charge in [0.15, 0.2) is 0 Å². The molecule has 2 aliphatic rings. The van der Waals surface area contributed by atoms with Crippen molar-refractivity contribution in [2.24, 2.45) is 5.92 Å². The lowest BCUT2D eigenvalue weighted by Crippen LogP contribution is -2.51. The van der Waals surface area contributed by atoms with E-state index in [9.17, 15) is 23.1 Å². The number of benzene rings is 1. The highest BCUT2D eigenvalue weighted by Crippen LogP contribution is 2.41. The monoisotopic (exact) mass is 477 g/mol. The largest absolute Gasteiger partial charge is 0.465 e. The van der Waals surface area contributed by atoms with Gasteiger partial charge in [-0.3, -0.25) is 4.90 Å². The predicted molar refractivity (Wildman–Crippen MR) is 125 cm³/mol. The molecule has 7 nitrogen and oxygen atoms in total. The number of aryl methyl sites for hydroxylation is 1. The van der Waals surface area contributed by atoms with Crippen molar-refractivity contribution in [2.75, 3.05) is 29.2 Å². The number of carbonyl (C=O) groups is 1. The number of rotatable bonds is 5. The average Bonchev–Trinajstić information content (AvgIpc) is 2.79. The van der Waals surface area contributed by atoms with Crippen molar-refractivity contribution in [2.45, 2.75) is 63.2 Å². The van der Waals surface area contributed by atoms with Gasteiger partial charge in [0.1, 0.15) is 5.82 Å². The summed E-state index contributed by atoms with van der Waals surface area (Å²) in [6, 6.07) is 6.59. The number of amides is 1. The van der Waals surface area contributed by atoms with E-state index in [1.807, 2.05) is 19.0 Å². The second-order valence-electron chi connectivity index (χ2n) is 9.25. The number of nitrogens with zero attached hydrogens (tertiary/aromatic N) is 4. The molecule has 1 aromatic heterocycles. The van der Waals surface area contributed by atoms with Crippen molar-refractivity contribution in [3.05, 3.63) is 41.6 Å². The molecule has 0 radical (unpaired) electrons. The zero-order valence-electron chi connectivity index (χ0n) is 19.3. The Labute approximate surface area is 197 Å². The van der Waals surface area contributed by atoms with E-state index in [2.05, 4.69) is 15.3 Å². The van der Waals surface area contributed by atoms with Gasteiger partial charge in [-0.1, -0.05) is 18.2 Å². The maximum atomic E-state index is 14.2. The number of para-hydroxylation sites is 1. The summed E-state index contributed by atoms with van der Waals surface area (Å²) in [5, 5.41) is 12.7. The Hall–Kier alpha value is -3.04. The van der Waals surface area contributed by atoms with Crippen molar-refractivity contribution in [1.29, 1.82) is 0 Å². The van der Waals surface area contributed by atoms with Gasteiger partial charge in [-0.25, -0.2) is 9.78 Å². The highest BCUT2D eigenvalue weighted by atomic mass is 19.4. The Morgan fingerprint density at radius 3 is 2.44 bits per heavy atom. The Morgan fingerprint density at radius 2 is 1.79 bits per heavy atom. The molecule has 1 fully saturated rings. The maximum absolute atomic E-state index is 14.2. The average molecular weight is 478 g/mol. The van der Waals surface area contributed by atoms with Gasteiger partial charge < -0.3 is 15.3 Å². The van der Waals surface area contributed by atoms with E-state index in [4.69, 9.17) is 0 Å². The van der Waals surface area contributed by atoms with Crippen LogP contribution in [0.15, 0.2) is 30.3 Å². The molecule has 4 rings (SSSR count). The maximum Gasteiger partial charge on any atom is 0.412 e. The van der Waals surface area contributed by atoms with E-state index in [0.29, 0.717) is 12.1 Å². The zero-order chi connectivity index (χ0) is 24.5. The molecule has 2 N–H and O–H groups in total. The van der Waals surface area contributed by atoms with Crippen molar-refractivity contribution < 1.29 is 23.1 Å². The van der Waals surface area contributed by atoms with Gasteiger partial charge in [0, 0.05) is 37.4 Å². The first-order valence-corrected chi connectivity index (χ1v) is 11.6. The minimum Gasteiger partial charge on any atom is -0.465 e.